The van der Waals surface area contributed by atoms with E-state index >= 15 is 0 Å². The summed E-state index contributed by atoms with van der Waals surface area (Å²) in [5, 5.41) is 3.11. The van der Waals surface area contributed by atoms with Crippen LogP contribution >= 0.6 is 11.3 Å². The SMILES string of the molecule is C[C@H]1CCC[C@H](C)N1CCCNC(=O)c1cc2c(s1)-c1ccccc1OC2. The predicted octanol–water partition coefficient (Wildman–Crippen LogP) is 4.69. The number of hydrogen-bond donors (Lipinski definition) is 1. The summed E-state index contributed by atoms with van der Waals surface area (Å²) in [6.07, 6.45) is 4.92. The van der Waals surface area contributed by atoms with Gasteiger partial charge in [0.15, 0.2) is 0 Å². The van der Waals surface area contributed by atoms with Crippen LogP contribution in [0.3, 0.4) is 0 Å². The van der Waals surface area contributed by atoms with Crippen molar-refractivity contribution in [2.45, 2.75) is 58.2 Å². The van der Waals surface area contributed by atoms with Crippen molar-refractivity contribution in [1.29, 1.82) is 0 Å². The van der Waals surface area contributed by atoms with Gasteiger partial charge >= 0.3 is 0 Å². The molecule has 144 valence electrons. The standard InChI is InChI=1S/C22H28N2O2S/c1-15-7-5-8-16(2)24(15)12-6-11-23-22(25)20-13-17-14-26-19-10-4-3-9-18(19)21(17)27-20/h3-4,9-10,13,15-16H,5-8,11-12,14H2,1-2H3,(H,23,25)/t15-,16-/m0/s1. The number of rotatable bonds is 5. The molecule has 0 radical (unpaired) electrons. The normalized spacial score (nSPS) is 21.9. The Labute approximate surface area is 165 Å². The van der Waals surface area contributed by atoms with Gasteiger partial charge < -0.3 is 10.1 Å². The predicted molar refractivity (Wildman–Crippen MR) is 111 cm³/mol. The number of nitrogens with one attached hydrogen (secondary N) is 1. The van der Waals surface area contributed by atoms with Crippen LogP contribution in [0.15, 0.2) is 30.3 Å². The monoisotopic (exact) mass is 384 g/mol. The van der Waals surface area contributed by atoms with Crippen LogP contribution in [0.4, 0.5) is 0 Å². The van der Waals surface area contributed by atoms with E-state index in [9.17, 15) is 4.79 Å². The molecule has 1 aromatic carbocycles. The highest BCUT2D eigenvalue weighted by Crippen LogP contribution is 2.42. The molecule has 0 saturated carbocycles. The summed E-state index contributed by atoms with van der Waals surface area (Å²) in [4.78, 5) is 17.1. The molecule has 5 heteroatoms. The van der Waals surface area contributed by atoms with E-state index in [1.165, 1.54) is 19.3 Å². The molecule has 1 amide bonds. The molecule has 4 rings (SSSR count). The van der Waals surface area contributed by atoms with E-state index in [0.29, 0.717) is 18.7 Å². The van der Waals surface area contributed by atoms with Crippen molar-refractivity contribution >= 4 is 17.2 Å². The average Bonchev–Trinajstić information content (AvgIpc) is 3.12. The Kier molecular flexibility index (Phi) is 5.50. The number of carbonyl (C=O) groups excluding carboxylic acids is 1. The third-order valence-electron chi connectivity index (χ3n) is 5.80. The molecule has 2 aliphatic heterocycles. The molecule has 0 spiro atoms. The molecule has 1 aromatic heterocycles. The fourth-order valence-electron chi connectivity index (χ4n) is 4.28. The minimum absolute atomic E-state index is 0.0339. The van der Waals surface area contributed by atoms with Crippen LogP contribution < -0.4 is 10.1 Å². The quantitative estimate of drug-likeness (QED) is 0.761. The molecular weight excluding hydrogens is 356 g/mol. The maximum Gasteiger partial charge on any atom is 0.261 e. The number of piperidine rings is 1. The summed E-state index contributed by atoms with van der Waals surface area (Å²) in [7, 11) is 0. The number of carbonyl (C=O) groups is 1. The first kappa shape index (κ1) is 18.5. The second-order valence-electron chi connectivity index (χ2n) is 7.73. The van der Waals surface area contributed by atoms with Gasteiger partial charge in [-0.1, -0.05) is 18.6 Å². The molecule has 2 atom stereocenters. The molecular formula is C22H28N2O2S. The minimum Gasteiger partial charge on any atom is -0.488 e. The van der Waals surface area contributed by atoms with Gasteiger partial charge in [0.05, 0.1) is 4.88 Å². The molecule has 0 bridgehead atoms. The Morgan fingerprint density at radius 1 is 1.26 bits per heavy atom. The number of likely N-dealkylation sites (tertiary alicyclic amines) is 1. The van der Waals surface area contributed by atoms with Crippen molar-refractivity contribution in [3.63, 3.8) is 0 Å². The largest absolute Gasteiger partial charge is 0.488 e. The summed E-state index contributed by atoms with van der Waals surface area (Å²) in [5.74, 6) is 0.940. The highest BCUT2D eigenvalue weighted by Gasteiger charge is 2.24. The van der Waals surface area contributed by atoms with E-state index in [2.05, 4.69) is 30.1 Å². The number of fused-ring (bicyclic) bond motifs is 3. The van der Waals surface area contributed by atoms with E-state index < -0.39 is 0 Å². The van der Waals surface area contributed by atoms with Gasteiger partial charge in [0.2, 0.25) is 0 Å². The molecule has 2 aliphatic rings. The van der Waals surface area contributed by atoms with Gasteiger partial charge in [-0.15, -0.1) is 11.3 Å². The lowest BCUT2D eigenvalue weighted by atomic mass is 9.97. The first-order valence-electron chi connectivity index (χ1n) is 10.0. The van der Waals surface area contributed by atoms with E-state index in [1.54, 1.807) is 11.3 Å². The van der Waals surface area contributed by atoms with Crippen molar-refractivity contribution in [3.8, 4) is 16.2 Å². The lowest BCUT2D eigenvalue weighted by molar-refractivity contribution is 0.0928. The van der Waals surface area contributed by atoms with Crippen LogP contribution in [0.2, 0.25) is 0 Å². The van der Waals surface area contributed by atoms with Gasteiger partial charge in [0, 0.05) is 41.2 Å². The average molecular weight is 385 g/mol. The van der Waals surface area contributed by atoms with Gasteiger partial charge in [0.1, 0.15) is 12.4 Å². The number of nitrogens with zero attached hydrogens (tertiary/aromatic N) is 1. The number of benzene rings is 1. The zero-order valence-electron chi connectivity index (χ0n) is 16.2. The Balaban J connectivity index is 1.33. The topological polar surface area (TPSA) is 41.6 Å². The van der Waals surface area contributed by atoms with Crippen LogP contribution in [0.25, 0.3) is 10.4 Å². The lowest BCUT2D eigenvalue weighted by Crippen LogP contribution is -2.44. The van der Waals surface area contributed by atoms with Gasteiger partial charge in [-0.3, -0.25) is 9.69 Å². The number of para-hydroxylation sites is 1. The third kappa shape index (κ3) is 3.90. The summed E-state index contributed by atoms with van der Waals surface area (Å²) in [6.45, 7) is 6.98. The number of ether oxygens (including phenoxy) is 1. The van der Waals surface area contributed by atoms with E-state index in [1.807, 2.05) is 24.3 Å². The van der Waals surface area contributed by atoms with Gasteiger partial charge in [-0.2, -0.15) is 0 Å². The second-order valence-corrected chi connectivity index (χ2v) is 8.78. The highest BCUT2D eigenvalue weighted by molar-refractivity contribution is 7.17. The lowest BCUT2D eigenvalue weighted by Gasteiger charge is -2.39. The number of thiophene rings is 1. The van der Waals surface area contributed by atoms with Crippen LogP contribution in [-0.2, 0) is 6.61 Å². The summed E-state index contributed by atoms with van der Waals surface area (Å²) in [5.41, 5.74) is 2.20. The zero-order chi connectivity index (χ0) is 18.8. The Hall–Kier alpha value is -1.85. The first-order chi connectivity index (χ1) is 13.1. The summed E-state index contributed by atoms with van der Waals surface area (Å²) in [6, 6.07) is 11.4. The van der Waals surface area contributed by atoms with Gasteiger partial charge in [0.25, 0.3) is 5.91 Å². The van der Waals surface area contributed by atoms with Crippen LogP contribution in [0.5, 0.6) is 5.75 Å². The second kappa shape index (κ2) is 8.03. The summed E-state index contributed by atoms with van der Waals surface area (Å²) < 4.78 is 5.80. The summed E-state index contributed by atoms with van der Waals surface area (Å²) >= 11 is 1.57. The smallest absolute Gasteiger partial charge is 0.261 e. The van der Waals surface area contributed by atoms with Gasteiger partial charge in [-0.05, 0) is 51.3 Å². The highest BCUT2D eigenvalue weighted by atomic mass is 32.1. The molecule has 4 nitrogen and oxygen atoms in total. The minimum atomic E-state index is 0.0339. The van der Waals surface area contributed by atoms with Crippen molar-refractivity contribution < 1.29 is 9.53 Å². The number of amides is 1. The van der Waals surface area contributed by atoms with E-state index in [-0.39, 0.29) is 5.91 Å². The maximum atomic E-state index is 12.6. The van der Waals surface area contributed by atoms with Gasteiger partial charge in [-0.25, -0.2) is 0 Å². The first-order valence-corrected chi connectivity index (χ1v) is 10.8. The van der Waals surface area contributed by atoms with Crippen molar-refractivity contribution in [2.24, 2.45) is 0 Å². The Morgan fingerprint density at radius 3 is 2.85 bits per heavy atom. The van der Waals surface area contributed by atoms with Crippen molar-refractivity contribution in [2.75, 3.05) is 13.1 Å². The molecule has 0 unspecified atom stereocenters. The molecule has 1 N–H and O–H groups in total. The van der Waals surface area contributed by atoms with E-state index in [0.717, 1.165) is 46.1 Å². The zero-order valence-corrected chi connectivity index (χ0v) is 17.0. The van der Waals surface area contributed by atoms with Crippen molar-refractivity contribution in [1.82, 2.24) is 10.2 Å². The Morgan fingerprint density at radius 2 is 2.04 bits per heavy atom. The molecule has 3 heterocycles. The fourth-order valence-corrected chi connectivity index (χ4v) is 5.39. The van der Waals surface area contributed by atoms with Crippen molar-refractivity contribution in [3.05, 3.63) is 40.8 Å². The van der Waals surface area contributed by atoms with Crippen LogP contribution in [0.1, 0.15) is 54.8 Å². The fraction of sp³-hybridized carbons (Fsp3) is 0.500. The number of hydrogen-bond acceptors (Lipinski definition) is 4. The Bertz CT molecular complexity index is 806. The maximum absolute atomic E-state index is 12.6. The molecule has 2 aromatic rings. The third-order valence-corrected chi connectivity index (χ3v) is 7.01. The molecule has 1 saturated heterocycles. The van der Waals surface area contributed by atoms with Crippen LogP contribution in [0, 0.1) is 0 Å². The molecule has 1 fully saturated rings. The molecule has 0 aliphatic carbocycles. The van der Waals surface area contributed by atoms with Crippen LogP contribution in [-0.4, -0.2) is 36.0 Å². The molecule has 27 heavy (non-hydrogen) atoms. The van der Waals surface area contributed by atoms with E-state index in [4.69, 9.17) is 4.74 Å².